The molecule has 1 aliphatic heterocycles. The molecule has 3 rings (SSSR count). The number of rotatable bonds is 3. The fraction of sp³-hybridized carbons (Fsp3) is 0.348. The van der Waals surface area contributed by atoms with Crippen LogP contribution < -0.4 is 10.2 Å². The van der Waals surface area contributed by atoms with Crippen LogP contribution >= 0.6 is 0 Å². The van der Waals surface area contributed by atoms with E-state index in [0.717, 1.165) is 23.3 Å². The van der Waals surface area contributed by atoms with E-state index in [2.05, 4.69) is 5.32 Å². The number of carbonyl (C=O) groups is 2. The van der Waals surface area contributed by atoms with E-state index in [0.29, 0.717) is 5.56 Å². The molecule has 1 fully saturated rings. The maximum Gasteiger partial charge on any atom is 0.417 e. The Morgan fingerprint density at radius 3 is 2.41 bits per heavy atom. The van der Waals surface area contributed by atoms with Crippen LogP contribution in [-0.4, -0.2) is 49.4 Å². The first-order valence-corrected chi connectivity index (χ1v) is 10.0. The van der Waals surface area contributed by atoms with Crippen LogP contribution in [0.15, 0.2) is 36.4 Å². The molecule has 6 nitrogen and oxygen atoms in total. The van der Waals surface area contributed by atoms with Crippen molar-refractivity contribution in [2.24, 2.45) is 0 Å². The van der Waals surface area contributed by atoms with Gasteiger partial charge in [-0.25, -0.2) is 0 Å². The summed E-state index contributed by atoms with van der Waals surface area (Å²) in [5, 5.41) is 11.5. The number of benzene rings is 2. The molecule has 0 bridgehead atoms. The minimum atomic E-state index is -4.68. The van der Waals surface area contributed by atoms with Gasteiger partial charge in [0.15, 0.2) is 0 Å². The zero-order chi connectivity index (χ0) is 23.6. The molecule has 168 valence electrons. The highest BCUT2D eigenvalue weighted by Crippen LogP contribution is 2.35. The smallest absolute Gasteiger partial charge is 0.367 e. The molecule has 2 aromatic rings. The number of alkyl halides is 3. The third kappa shape index (κ3) is 4.54. The van der Waals surface area contributed by atoms with E-state index in [4.69, 9.17) is 5.26 Å². The number of nitrogens with one attached hydrogen (secondary N) is 1. The van der Waals surface area contributed by atoms with Gasteiger partial charge >= 0.3 is 6.18 Å². The van der Waals surface area contributed by atoms with Crippen LogP contribution in [0, 0.1) is 25.2 Å². The molecule has 0 aliphatic carbocycles. The number of aryl methyl sites for hydroxylation is 2. The number of halogens is 3. The molecule has 32 heavy (non-hydrogen) atoms. The molecule has 2 aromatic carbocycles. The maximum absolute atomic E-state index is 13.4. The summed E-state index contributed by atoms with van der Waals surface area (Å²) < 4.78 is 40.1. The normalized spacial score (nSPS) is 16.5. The Kier molecular flexibility index (Phi) is 6.44. The SMILES string of the molecule is CNC(=O)C1CN(c2ccc(C#N)c(C(F)(F)F)c2)CCN1C(=O)c1ccc(C)c(C)c1. The standard InChI is InChI=1S/C23H23F3N4O2/c1-14-4-5-16(10-15(14)2)22(32)30-9-8-29(13-20(30)21(31)28-3)18-7-6-17(12-27)19(11-18)23(24,25)26/h4-7,10-11,20H,8-9,13H2,1-3H3,(H,28,31). The van der Waals surface area contributed by atoms with Crippen molar-refractivity contribution < 1.29 is 22.8 Å². The Bertz CT molecular complexity index is 1090. The van der Waals surface area contributed by atoms with Gasteiger partial charge in [-0.05, 0) is 55.3 Å². The van der Waals surface area contributed by atoms with Gasteiger partial charge in [-0.2, -0.15) is 18.4 Å². The summed E-state index contributed by atoms with van der Waals surface area (Å²) in [5.41, 5.74) is 1.19. The molecular weight excluding hydrogens is 421 g/mol. The predicted octanol–water partition coefficient (Wildman–Crippen LogP) is 3.27. The number of carbonyl (C=O) groups excluding carboxylic acids is 2. The van der Waals surface area contributed by atoms with Crippen LogP contribution in [-0.2, 0) is 11.0 Å². The summed E-state index contributed by atoms with van der Waals surface area (Å²) in [5.74, 6) is -0.714. The van der Waals surface area contributed by atoms with Gasteiger partial charge in [-0.3, -0.25) is 9.59 Å². The third-order valence-corrected chi connectivity index (χ3v) is 5.74. The van der Waals surface area contributed by atoms with Crippen molar-refractivity contribution >= 4 is 17.5 Å². The summed E-state index contributed by atoms with van der Waals surface area (Å²) in [4.78, 5) is 28.8. The second-order valence-electron chi connectivity index (χ2n) is 7.71. The van der Waals surface area contributed by atoms with Crippen LogP contribution in [0.25, 0.3) is 0 Å². The van der Waals surface area contributed by atoms with E-state index in [9.17, 15) is 22.8 Å². The van der Waals surface area contributed by atoms with Crippen LogP contribution in [0.1, 0.15) is 32.6 Å². The largest absolute Gasteiger partial charge is 0.417 e. The number of nitriles is 1. The summed E-state index contributed by atoms with van der Waals surface area (Å²) in [6, 6.07) is 9.45. The summed E-state index contributed by atoms with van der Waals surface area (Å²) in [6.07, 6.45) is -4.68. The van der Waals surface area contributed by atoms with Crippen LogP contribution in [0.2, 0.25) is 0 Å². The molecule has 9 heteroatoms. The number of amides is 2. The number of hydrogen-bond donors (Lipinski definition) is 1. The van der Waals surface area contributed by atoms with Gasteiger partial charge < -0.3 is 15.1 Å². The van der Waals surface area contributed by atoms with Crippen molar-refractivity contribution in [1.82, 2.24) is 10.2 Å². The molecule has 1 atom stereocenters. The zero-order valence-electron chi connectivity index (χ0n) is 18.0. The third-order valence-electron chi connectivity index (χ3n) is 5.74. The molecule has 1 N–H and O–H groups in total. The van der Waals surface area contributed by atoms with Gasteiger partial charge in [-0.15, -0.1) is 0 Å². The molecule has 1 saturated heterocycles. The topological polar surface area (TPSA) is 76.4 Å². The summed E-state index contributed by atoms with van der Waals surface area (Å²) in [6.45, 7) is 4.25. The Hall–Kier alpha value is -3.54. The lowest BCUT2D eigenvalue weighted by molar-refractivity contribution is -0.137. The number of hydrogen-bond acceptors (Lipinski definition) is 4. The monoisotopic (exact) mass is 444 g/mol. The highest BCUT2D eigenvalue weighted by Gasteiger charge is 2.37. The van der Waals surface area contributed by atoms with Gasteiger partial charge in [0.05, 0.1) is 17.2 Å². The van der Waals surface area contributed by atoms with Crippen molar-refractivity contribution in [2.75, 3.05) is 31.6 Å². The number of likely N-dealkylation sites (N-methyl/N-ethyl adjacent to an activating group) is 1. The Morgan fingerprint density at radius 1 is 1.09 bits per heavy atom. The molecule has 0 radical (unpaired) electrons. The molecule has 0 saturated carbocycles. The lowest BCUT2D eigenvalue weighted by Crippen LogP contribution is -2.60. The van der Waals surface area contributed by atoms with E-state index in [1.807, 2.05) is 19.9 Å². The molecule has 0 spiro atoms. The van der Waals surface area contributed by atoms with Crippen molar-refractivity contribution in [2.45, 2.75) is 26.1 Å². The van der Waals surface area contributed by atoms with E-state index in [-0.39, 0.29) is 31.2 Å². The fourth-order valence-electron chi connectivity index (χ4n) is 3.75. The van der Waals surface area contributed by atoms with Gasteiger partial charge in [0.1, 0.15) is 6.04 Å². The number of nitrogens with zero attached hydrogens (tertiary/aromatic N) is 3. The van der Waals surface area contributed by atoms with Crippen LogP contribution in [0.5, 0.6) is 0 Å². The molecule has 1 aliphatic rings. The zero-order valence-corrected chi connectivity index (χ0v) is 18.0. The Balaban J connectivity index is 1.91. The quantitative estimate of drug-likeness (QED) is 0.789. The van der Waals surface area contributed by atoms with Gasteiger partial charge in [0.25, 0.3) is 5.91 Å². The second kappa shape index (κ2) is 8.91. The maximum atomic E-state index is 13.4. The lowest BCUT2D eigenvalue weighted by atomic mass is 10.0. The highest BCUT2D eigenvalue weighted by atomic mass is 19.4. The first-order valence-electron chi connectivity index (χ1n) is 10.0. The van der Waals surface area contributed by atoms with Crippen molar-refractivity contribution in [3.05, 3.63) is 64.2 Å². The van der Waals surface area contributed by atoms with E-state index >= 15 is 0 Å². The first kappa shape index (κ1) is 23.1. The molecule has 1 unspecified atom stereocenters. The minimum absolute atomic E-state index is 0.0272. The summed E-state index contributed by atoms with van der Waals surface area (Å²) >= 11 is 0. The van der Waals surface area contributed by atoms with Crippen LogP contribution in [0.4, 0.5) is 18.9 Å². The van der Waals surface area contributed by atoms with Crippen molar-refractivity contribution in [3.63, 3.8) is 0 Å². The van der Waals surface area contributed by atoms with E-state index < -0.39 is 29.3 Å². The molecule has 2 amide bonds. The molecule has 1 heterocycles. The van der Waals surface area contributed by atoms with Crippen molar-refractivity contribution in [1.29, 1.82) is 5.26 Å². The van der Waals surface area contributed by atoms with Gasteiger partial charge in [0, 0.05) is 37.9 Å². The predicted molar refractivity (Wildman–Crippen MR) is 113 cm³/mol. The van der Waals surface area contributed by atoms with Gasteiger partial charge in [0.2, 0.25) is 5.91 Å². The van der Waals surface area contributed by atoms with Crippen LogP contribution in [0.3, 0.4) is 0 Å². The lowest BCUT2D eigenvalue weighted by Gasteiger charge is -2.41. The fourth-order valence-corrected chi connectivity index (χ4v) is 3.75. The van der Waals surface area contributed by atoms with E-state index in [1.165, 1.54) is 18.0 Å². The molecule has 0 aromatic heterocycles. The van der Waals surface area contributed by atoms with Gasteiger partial charge in [-0.1, -0.05) is 6.07 Å². The highest BCUT2D eigenvalue weighted by molar-refractivity contribution is 5.98. The Morgan fingerprint density at radius 2 is 1.81 bits per heavy atom. The Labute approximate surface area is 184 Å². The molecular formula is C23H23F3N4O2. The average molecular weight is 444 g/mol. The number of piperazine rings is 1. The summed E-state index contributed by atoms with van der Waals surface area (Å²) in [7, 11) is 1.45. The van der Waals surface area contributed by atoms with Crippen molar-refractivity contribution in [3.8, 4) is 6.07 Å². The number of anilines is 1. The second-order valence-corrected chi connectivity index (χ2v) is 7.71. The average Bonchev–Trinajstić information content (AvgIpc) is 2.78. The van der Waals surface area contributed by atoms with E-state index in [1.54, 1.807) is 23.1 Å². The minimum Gasteiger partial charge on any atom is -0.367 e. The first-order chi connectivity index (χ1) is 15.1.